The van der Waals surface area contributed by atoms with E-state index in [1.165, 1.54) is 73.6 Å². The maximum Gasteiger partial charge on any atom is 0.157 e. The van der Waals surface area contributed by atoms with Gasteiger partial charge in [-0.3, -0.25) is 0 Å². The molecular formula is C32H50O2. The molecule has 1 aliphatic rings. The van der Waals surface area contributed by atoms with E-state index in [2.05, 4.69) is 56.3 Å². The smallest absolute Gasteiger partial charge is 0.157 e. The average Bonchev–Trinajstić information content (AvgIpc) is 2.91. The van der Waals surface area contributed by atoms with Crippen molar-refractivity contribution in [2.75, 3.05) is 14.2 Å². The molecule has 1 saturated carbocycles. The van der Waals surface area contributed by atoms with Gasteiger partial charge in [0.15, 0.2) is 6.29 Å². The van der Waals surface area contributed by atoms with Crippen LogP contribution in [0.25, 0.3) is 11.1 Å². The van der Waals surface area contributed by atoms with Gasteiger partial charge in [0, 0.05) is 20.6 Å². The summed E-state index contributed by atoms with van der Waals surface area (Å²) in [5.74, 6) is 1.74. The highest BCUT2D eigenvalue weighted by Crippen LogP contribution is 2.38. The van der Waals surface area contributed by atoms with Crippen LogP contribution < -0.4 is 0 Å². The fourth-order valence-electron chi connectivity index (χ4n) is 5.40. The van der Waals surface area contributed by atoms with Crippen LogP contribution in [-0.2, 0) is 22.3 Å². The van der Waals surface area contributed by atoms with Crippen molar-refractivity contribution in [3.05, 3.63) is 59.2 Å². The molecule has 0 heterocycles. The summed E-state index contributed by atoms with van der Waals surface area (Å²) >= 11 is 0. The molecule has 2 nitrogen and oxygen atoms in total. The first-order valence-corrected chi connectivity index (χ1v) is 14.0. The highest BCUT2D eigenvalue weighted by molar-refractivity contribution is 5.68. The number of unbranched alkanes of at least 4 members (excludes halogenated alkanes) is 2. The van der Waals surface area contributed by atoms with Crippen molar-refractivity contribution in [3.63, 3.8) is 0 Å². The molecule has 0 radical (unpaired) electrons. The molecule has 0 aliphatic heterocycles. The van der Waals surface area contributed by atoms with Gasteiger partial charge in [-0.25, -0.2) is 0 Å². The Kier molecular flexibility index (Phi) is 13.5. The first-order valence-electron chi connectivity index (χ1n) is 14.0. The number of ether oxygens (including phenoxy) is 2. The molecule has 0 saturated heterocycles. The van der Waals surface area contributed by atoms with Gasteiger partial charge in [-0.15, -0.1) is 0 Å². The third-order valence-corrected chi connectivity index (χ3v) is 7.50. The molecule has 0 bridgehead atoms. The lowest BCUT2D eigenvalue weighted by Crippen LogP contribution is -2.13. The summed E-state index contributed by atoms with van der Waals surface area (Å²) in [6.45, 7) is 8.56. The van der Waals surface area contributed by atoms with E-state index in [1.54, 1.807) is 19.8 Å². The second-order valence-corrected chi connectivity index (χ2v) is 9.62. The van der Waals surface area contributed by atoms with Crippen LogP contribution in [0, 0.1) is 5.92 Å². The molecule has 2 heteroatoms. The number of hydrogen-bond acceptors (Lipinski definition) is 2. The summed E-state index contributed by atoms with van der Waals surface area (Å²) in [7, 11) is 3.41. The molecule has 34 heavy (non-hydrogen) atoms. The lowest BCUT2D eigenvalue weighted by molar-refractivity contribution is -0.105. The van der Waals surface area contributed by atoms with Crippen molar-refractivity contribution in [1.29, 1.82) is 0 Å². The molecule has 0 N–H and O–H groups in total. The molecule has 3 rings (SSSR count). The van der Waals surface area contributed by atoms with Crippen LogP contribution in [-0.4, -0.2) is 20.5 Å². The van der Waals surface area contributed by atoms with E-state index in [1.807, 2.05) is 13.8 Å². The number of benzene rings is 2. The lowest BCUT2D eigenvalue weighted by atomic mass is 9.77. The van der Waals surface area contributed by atoms with Crippen molar-refractivity contribution >= 4 is 0 Å². The van der Waals surface area contributed by atoms with E-state index >= 15 is 0 Å². The molecular weight excluding hydrogens is 416 g/mol. The van der Waals surface area contributed by atoms with Gasteiger partial charge in [0.05, 0.1) is 0 Å². The van der Waals surface area contributed by atoms with Crippen molar-refractivity contribution < 1.29 is 9.47 Å². The Morgan fingerprint density at radius 1 is 0.853 bits per heavy atom. The quantitative estimate of drug-likeness (QED) is 0.229. The van der Waals surface area contributed by atoms with E-state index in [4.69, 9.17) is 9.47 Å². The van der Waals surface area contributed by atoms with Crippen LogP contribution in [0.5, 0.6) is 0 Å². The van der Waals surface area contributed by atoms with Crippen molar-refractivity contribution in [1.82, 2.24) is 0 Å². The Balaban J connectivity index is 0.00000199. The fourth-order valence-corrected chi connectivity index (χ4v) is 5.40. The molecule has 1 fully saturated rings. The molecule has 190 valence electrons. The van der Waals surface area contributed by atoms with Crippen LogP contribution in [0.4, 0.5) is 0 Å². The van der Waals surface area contributed by atoms with Gasteiger partial charge >= 0.3 is 0 Å². The summed E-state index contributed by atoms with van der Waals surface area (Å²) in [5, 5.41) is 0. The molecule has 0 atom stereocenters. The van der Waals surface area contributed by atoms with Crippen molar-refractivity contribution in [3.8, 4) is 11.1 Å². The highest BCUT2D eigenvalue weighted by atomic mass is 16.7. The third kappa shape index (κ3) is 8.54. The van der Waals surface area contributed by atoms with Gasteiger partial charge in [-0.1, -0.05) is 95.8 Å². The average molecular weight is 467 g/mol. The zero-order valence-electron chi connectivity index (χ0n) is 22.9. The monoisotopic (exact) mass is 466 g/mol. The predicted octanol–water partition coefficient (Wildman–Crippen LogP) is 9.35. The van der Waals surface area contributed by atoms with Crippen LogP contribution in [0.1, 0.15) is 108 Å². The third-order valence-electron chi connectivity index (χ3n) is 7.50. The topological polar surface area (TPSA) is 18.5 Å². The van der Waals surface area contributed by atoms with Gasteiger partial charge in [-0.05, 0) is 78.2 Å². The lowest BCUT2D eigenvalue weighted by Gasteiger charge is -2.29. The molecule has 1 aliphatic carbocycles. The SMILES string of the molecule is CC.CCCCCC1CCC(c2ccc(-c3ccc(CCC(OC)OC)cc3CC)cc2)CC1. The standard InChI is InChI=1S/C30H44O2.C2H6/c1-5-7-8-9-23-10-14-26(15-11-23)27-16-18-28(19-17-27)29-20-12-24(22-25(29)6-2)13-21-30(31-3)32-4;1-2/h12,16-20,22-23,26,30H,5-11,13-15,21H2,1-4H3;1-2H3. The molecule has 0 unspecified atom stereocenters. The minimum Gasteiger partial charge on any atom is -0.356 e. The van der Waals surface area contributed by atoms with E-state index in [9.17, 15) is 0 Å². The molecule has 0 aromatic heterocycles. The zero-order valence-corrected chi connectivity index (χ0v) is 22.9. The summed E-state index contributed by atoms with van der Waals surface area (Å²) < 4.78 is 10.7. The Morgan fingerprint density at radius 2 is 1.53 bits per heavy atom. The largest absolute Gasteiger partial charge is 0.356 e. The van der Waals surface area contributed by atoms with Crippen molar-refractivity contribution in [2.45, 2.75) is 111 Å². The summed E-state index contributed by atoms with van der Waals surface area (Å²) in [4.78, 5) is 0. The van der Waals surface area contributed by atoms with E-state index in [0.29, 0.717) is 0 Å². The molecule has 0 spiro atoms. The Labute approximate surface area is 210 Å². The van der Waals surface area contributed by atoms with E-state index in [0.717, 1.165) is 31.1 Å². The van der Waals surface area contributed by atoms with E-state index < -0.39 is 0 Å². The van der Waals surface area contributed by atoms with Crippen LogP contribution in [0.15, 0.2) is 42.5 Å². The highest BCUT2D eigenvalue weighted by Gasteiger charge is 2.22. The van der Waals surface area contributed by atoms with Crippen LogP contribution in [0.2, 0.25) is 0 Å². The second-order valence-electron chi connectivity index (χ2n) is 9.62. The van der Waals surface area contributed by atoms with Gasteiger partial charge in [0.2, 0.25) is 0 Å². The first-order chi connectivity index (χ1) is 16.7. The van der Waals surface area contributed by atoms with Crippen molar-refractivity contribution in [2.24, 2.45) is 5.92 Å². The number of aryl methyl sites for hydroxylation is 2. The zero-order chi connectivity index (χ0) is 24.8. The molecule has 2 aromatic carbocycles. The minimum absolute atomic E-state index is 0.126. The summed E-state index contributed by atoms with van der Waals surface area (Å²) in [5.41, 5.74) is 7.04. The normalized spacial score (nSPS) is 18.0. The predicted molar refractivity (Wildman–Crippen MR) is 148 cm³/mol. The summed E-state index contributed by atoms with van der Waals surface area (Å²) in [6, 6.07) is 16.4. The van der Waals surface area contributed by atoms with Gasteiger partial charge in [0.25, 0.3) is 0 Å². The Bertz CT molecular complexity index is 783. The number of hydrogen-bond donors (Lipinski definition) is 0. The van der Waals surface area contributed by atoms with Gasteiger partial charge in [0.1, 0.15) is 0 Å². The molecule has 0 amide bonds. The minimum atomic E-state index is -0.126. The number of rotatable bonds is 12. The Hall–Kier alpha value is -1.64. The maximum atomic E-state index is 5.34. The van der Waals surface area contributed by atoms with Gasteiger partial charge in [-0.2, -0.15) is 0 Å². The van der Waals surface area contributed by atoms with Crippen LogP contribution in [0.3, 0.4) is 0 Å². The fraction of sp³-hybridized carbons (Fsp3) is 0.625. The Morgan fingerprint density at radius 3 is 2.12 bits per heavy atom. The summed E-state index contributed by atoms with van der Waals surface area (Å²) in [6.07, 6.45) is 14.0. The van der Waals surface area contributed by atoms with E-state index in [-0.39, 0.29) is 6.29 Å². The first kappa shape index (κ1) is 28.6. The van der Waals surface area contributed by atoms with Gasteiger partial charge < -0.3 is 9.47 Å². The van der Waals surface area contributed by atoms with Crippen LogP contribution >= 0.6 is 0 Å². The number of methoxy groups -OCH3 is 2. The second kappa shape index (κ2) is 16.1. The molecule has 2 aromatic rings. The maximum absolute atomic E-state index is 5.34.